The molecular weight excluding hydrogens is 222 g/mol. The van der Waals surface area contributed by atoms with Crippen LogP contribution in [0.25, 0.3) is 5.52 Å². The minimum atomic E-state index is 0.648. The van der Waals surface area contributed by atoms with E-state index in [2.05, 4.69) is 23.3 Å². The maximum atomic E-state index is 5.97. The van der Waals surface area contributed by atoms with Gasteiger partial charge in [0.25, 0.3) is 0 Å². The van der Waals surface area contributed by atoms with Gasteiger partial charge in [0.05, 0.1) is 18.0 Å². The Balaban J connectivity index is 1.87. The van der Waals surface area contributed by atoms with Gasteiger partial charge in [-0.15, -0.1) is 0 Å². The molecule has 3 heterocycles. The number of fused-ring (bicyclic) bond motifs is 1. The Bertz CT molecular complexity index is 486. The van der Waals surface area contributed by atoms with Gasteiger partial charge in [-0.2, -0.15) is 0 Å². The quantitative estimate of drug-likeness (QED) is 0.709. The van der Waals surface area contributed by atoms with Gasteiger partial charge < -0.3 is 4.40 Å². The molecule has 4 heteroatoms. The van der Waals surface area contributed by atoms with Crippen molar-refractivity contribution in [1.29, 1.82) is 0 Å². The molecule has 1 aliphatic heterocycles. The Morgan fingerprint density at radius 1 is 1.31 bits per heavy atom. The SMILES string of the molecule is ClN1CCC(c2ccn3cncc3c2)CC1. The second kappa shape index (κ2) is 4.07. The van der Waals surface area contributed by atoms with Crippen LogP contribution in [0.1, 0.15) is 24.3 Å². The number of imidazole rings is 1. The van der Waals surface area contributed by atoms with Gasteiger partial charge in [-0.1, -0.05) is 0 Å². The highest BCUT2D eigenvalue weighted by Gasteiger charge is 2.19. The minimum absolute atomic E-state index is 0.648. The molecule has 84 valence electrons. The lowest BCUT2D eigenvalue weighted by Gasteiger charge is -2.27. The molecule has 0 bridgehead atoms. The zero-order chi connectivity index (χ0) is 11.0. The number of hydrogen-bond donors (Lipinski definition) is 0. The number of pyridine rings is 1. The summed E-state index contributed by atoms with van der Waals surface area (Å²) in [5.74, 6) is 0.648. The molecule has 3 nitrogen and oxygen atoms in total. The van der Waals surface area contributed by atoms with E-state index in [0.717, 1.165) is 25.9 Å². The highest BCUT2D eigenvalue weighted by molar-refractivity contribution is 6.13. The molecular formula is C12H14ClN3. The molecule has 0 aromatic carbocycles. The summed E-state index contributed by atoms with van der Waals surface area (Å²) >= 11 is 5.97. The summed E-state index contributed by atoms with van der Waals surface area (Å²) in [6.07, 6.45) is 8.12. The van der Waals surface area contributed by atoms with E-state index in [9.17, 15) is 0 Å². The van der Waals surface area contributed by atoms with Crippen molar-refractivity contribution in [2.24, 2.45) is 0 Å². The fourth-order valence-electron chi connectivity index (χ4n) is 2.37. The van der Waals surface area contributed by atoms with Crippen LogP contribution in [0.2, 0.25) is 0 Å². The molecule has 1 aliphatic rings. The third-order valence-electron chi connectivity index (χ3n) is 3.35. The maximum Gasteiger partial charge on any atom is 0.0991 e. The average Bonchev–Trinajstić information content (AvgIpc) is 2.77. The molecule has 0 saturated carbocycles. The zero-order valence-electron chi connectivity index (χ0n) is 9.01. The van der Waals surface area contributed by atoms with Crippen LogP contribution in [0.5, 0.6) is 0 Å². The summed E-state index contributed by atoms with van der Waals surface area (Å²) < 4.78 is 3.92. The second-order valence-electron chi connectivity index (χ2n) is 4.37. The number of halogens is 1. The Morgan fingerprint density at radius 2 is 2.12 bits per heavy atom. The first kappa shape index (κ1) is 10.1. The topological polar surface area (TPSA) is 20.5 Å². The van der Waals surface area contributed by atoms with E-state index >= 15 is 0 Å². The molecule has 16 heavy (non-hydrogen) atoms. The first-order valence-electron chi connectivity index (χ1n) is 5.65. The third-order valence-corrected chi connectivity index (χ3v) is 3.69. The fraction of sp³-hybridized carbons (Fsp3) is 0.417. The first-order chi connectivity index (χ1) is 7.83. The Labute approximate surface area is 99.8 Å². The lowest BCUT2D eigenvalue weighted by Crippen LogP contribution is -2.25. The van der Waals surface area contributed by atoms with Crippen LogP contribution in [0.15, 0.2) is 30.9 Å². The van der Waals surface area contributed by atoms with Gasteiger partial charge in [0.15, 0.2) is 0 Å². The van der Waals surface area contributed by atoms with Gasteiger partial charge in [-0.3, -0.25) is 0 Å². The molecule has 0 atom stereocenters. The molecule has 0 unspecified atom stereocenters. The van der Waals surface area contributed by atoms with Crippen molar-refractivity contribution in [2.45, 2.75) is 18.8 Å². The summed E-state index contributed by atoms with van der Waals surface area (Å²) in [6, 6.07) is 4.44. The van der Waals surface area contributed by atoms with E-state index in [-0.39, 0.29) is 0 Å². The van der Waals surface area contributed by atoms with Crippen molar-refractivity contribution >= 4 is 17.3 Å². The molecule has 0 amide bonds. The number of hydrogen-bond acceptors (Lipinski definition) is 2. The van der Waals surface area contributed by atoms with Crippen LogP contribution in [-0.4, -0.2) is 26.9 Å². The zero-order valence-corrected chi connectivity index (χ0v) is 9.77. The van der Waals surface area contributed by atoms with E-state index in [4.69, 9.17) is 11.8 Å². The third kappa shape index (κ3) is 1.81. The summed E-state index contributed by atoms with van der Waals surface area (Å²) in [5.41, 5.74) is 2.59. The van der Waals surface area contributed by atoms with Gasteiger partial charge in [-0.05, 0) is 48.2 Å². The molecule has 2 aromatic heterocycles. The standard InChI is InChI=1S/C12H14ClN3/c13-16-5-2-10(3-6-16)11-1-4-15-9-14-8-12(15)7-11/h1,4,7-10H,2-3,5-6H2. The average molecular weight is 236 g/mol. The summed E-state index contributed by atoms with van der Waals surface area (Å²) in [7, 11) is 0. The van der Waals surface area contributed by atoms with E-state index in [0.29, 0.717) is 5.92 Å². The monoisotopic (exact) mass is 235 g/mol. The van der Waals surface area contributed by atoms with Gasteiger partial charge in [-0.25, -0.2) is 9.40 Å². The molecule has 2 aromatic rings. The van der Waals surface area contributed by atoms with E-state index in [1.165, 1.54) is 11.1 Å². The van der Waals surface area contributed by atoms with Crippen LogP contribution in [-0.2, 0) is 0 Å². The molecule has 0 aliphatic carbocycles. The summed E-state index contributed by atoms with van der Waals surface area (Å²) in [4.78, 5) is 4.13. The number of piperidine rings is 1. The summed E-state index contributed by atoms with van der Waals surface area (Å²) in [6.45, 7) is 1.97. The van der Waals surface area contributed by atoms with Crippen molar-refractivity contribution in [1.82, 2.24) is 13.8 Å². The molecule has 0 N–H and O–H groups in total. The van der Waals surface area contributed by atoms with Gasteiger partial charge in [0, 0.05) is 19.3 Å². The van der Waals surface area contributed by atoms with Gasteiger partial charge in [0.2, 0.25) is 0 Å². The van der Waals surface area contributed by atoms with Crippen LogP contribution in [0.4, 0.5) is 0 Å². The largest absolute Gasteiger partial charge is 0.306 e. The fourth-order valence-corrected chi connectivity index (χ4v) is 2.57. The van der Waals surface area contributed by atoms with Crippen molar-refractivity contribution < 1.29 is 0 Å². The smallest absolute Gasteiger partial charge is 0.0991 e. The second-order valence-corrected chi connectivity index (χ2v) is 4.85. The van der Waals surface area contributed by atoms with E-state index < -0.39 is 0 Å². The van der Waals surface area contributed by atoms with Gasteiger partial charge >= 0.3 is 0 Å². The molecule has 0 spiro atoms. The van der Waals surface area contributed by atoms with Crippen molar-refractivity contribution in [3.63, 3.8) is 0 Å². The highest BCUT2D eigenvalue weighted by atomic mass is 35.5. The lowest BCUT2D eigenvalue weighted by atomic mass is 9.91. The van der Waals surface area contributed by atoms with E-state index in [1.807, 2.05) is 21.3 Å². The van der Waals surface area contributed by atoms with Crippen molar-refractivity contribution in [3.05, 3.63) is 36.4 Å². The van der Waals surface area contributed by atoms with E-state index in [1.54, 1.807) is 0 Å². The molecule has 0 radical (unpaired) electrons. The predicted octanol–water partition coefficient (Wildman–Crippen LogP) is 2.67. The van der Waals surface area contributed by atoms with Gasteiger partial charge in [0.1, 0.15) is 0 Å². The highest BCUT2D eigenvalue weighted by Crippen LogP contribution is 2.29. The number of rotatable bonds is 1. The lowest BCUT2D eigenvalue weighted by molar-refractivity contribution is 0.336. The molecule has 3 rings (SSSR count). The Morgan fingerprint density at radius 3 is 2.94 bits per heavy atom. The summed E-state index contributed by atoms with van der Waals surface area (Å²) in [5, 5.41) is 0. The van der Waals surface area contributed by atoms with Crippen LogP contribution in [0.3, 0.4) is 0 Å². The van der Waals surface area contributed by atoms with Crippen LogP contribution in [0, 0.1) is 0 Å². The van der Waals surface area contributed by atoms with Crippen LogP contribution >= 0.6 is 11.8 Å². The minimum Gasteiger partial charge on any atom is -0.306 e. The first-order valence-corrected chi connectivity index (χ1v) is 5.99. The molecule has 1 fully saturated rings. The van der Waals surface area contributed by atoms with Crippen molar-refractivity contribution in [3.8, 4) is 0 Å². The normalized spacial score (nSPS) is 19.3. The number of nitrogens with zero attached hydrogens (tertiary/aromatic N) is 3. The van der Waals surface area contributed by atoms with Crippen LogP contribution < -0.4 is 0 Å². The predicted molar refractivity (Wildman–Crippen MR) is 64.6 cm³/mol. The maximum absolute atomic E-state index is 5.97. The number of aromatic nitrogens is 2. The Hall–Kier alpha value is -1.06. The molecule has 1 saturated heterocycles. The van der Waals surface area contributed by atoms with Crippen molar-refractivity contribution in [2.75, 3.05) is 13.1 Å². The Kier molecular flexibility index (Phi) is 2.58.